The summed E-state index contributed by atoms with van der Waals surface area (Å²) in [6, 6.07) is 5.83. The first kappa shape index (κ1) is 15.6. The molecule has 0 bridgehead atoms. The second kappa shape index (κ2) is 7.26. The van der Waals surface area contributed by atoms with E-state index in [1.165, 1.54) is 0 Å². The fourth-order valence-electron chi connectivity index (χ4n) is 2.22. The second-order valence-electron chi connectivity index (χ2n) is 4.77. The highest BCUT2D eigenvalue weighted by Crippen LogP contribution is 2.25. The average molecular weight is 307 g/mol. The van der Waals surface area contributed by atoms with Crippen molar-refractivity contribution in [2.45, 2.75) is 33.2 Å². The van der Waals surface area contributed by atoms with Crippen LogP contribution in [0.5, 0.6) is 5.75 Å². The Hall–Kier alpha value is -1.82. The molecular formula is C15H21N3O2S. The van der Waals surface area contributed by atoms with Gasteiger partial charge in [0.05, 0.1) is 12.1 Å². The minimum atomic E-state index is 0.0501. The maximum absolute atomic E-state index is 11.7. The zero-order chi connectivity index (χ0) is 15.2. The average Bonchev–Trinajstić information content (AvgIpc) is 2.80. The van der Waals surface area contributed by atoms with Crippen LogP contribution < -0.4 is 10.1 Å². The predicted octanol–water partition coefficient (Wildman–Crippen LogP) is 3.01. The van der Waals surface area contributed by atoms with Crippen molar-refractivity contribution in [1.29, 1.82) is 0 Å². The molecule has 5 nitrogen and oxygen atoms in total. The van der Waals surface area contributed by atoms with E-state index >= 15 is 0 Å². The van der Waals surface area contributed by atoms with Crippen molar-refractivity contribution in [3.8, 4) is 5.75 Å². The summed E-state index contributed by atoms with van der Waals surface area (Å²) >= 11 is 5.36. The number of fused-ring (bicyclic) bond motifs is 1. The molecule has 1 aromatic heterocycles. The van der Waals surface area contributed by atoms with E-state index in [2.05, 4.69) is 10.3 Å². The van der Waals surface area contributed by atoms with E-state index in [0.717, 1.165) is 23.2 Å². The largest absolute Gasteiger partial charge is 0.492 e. The van der Waals surface area contributed by atoms with E-state index in [1.807, 2.05) is 36.6 Å². The van der Waals surface area contributed by atoms with Crippen molar-refractivity contribution in [1.82, 2.24) is 14.9 Å². The van der Waals surface area contributed by atoms with Crippen molar-refractivity contribution in [3.05, 3.63) is 23.0 Å². The normalized spacial score (nSPS) is 10.8. The van der Waals surface area contributed by atoms with Crippen LogP contribution in [0.3, 0.4) is 0 Å². The molecule has 0 fully saturated rings. The van der Waals surface area contributed by atoms with Crippen LogP contribution in [0.1, 0.15) is 26.7 Å². The Kier molecular flexibility index (Phi) is 5.38. The molecule has 0 aliphatic rings. The summed E-state index contributed by atoms with van der Waals surface area (Å²) in [6.45, 7) is 5.86. The van der Waals surface area contributed by atoms with Gasteiger partial charge in [-0.05, 0) is 37.7 Å². The number of rotatable bonds is 7. The molecule has 0 saturated heterocycles. The number of nitrogens with one attached hydrogen (secondary N) is 2. The van der Waals surface area contributed by atoms with Gasteiger partial charge in [0.15, 0.2) is 4.77 Å². The number of ether oxygens (including phenoxy) is 1. The number of carbonyl (C=O) groups is 1. The van der Waals surface area contributed by atoms with Crippen molar-refractivity contribution in [3.63, 3.8) is 0 Å². The van der Waals surface area contributed by atoms with Gasteiger partial charge < -0.3 is 19.6 Å². The zero-order valence-electron chi connectivity index (χ0n) is 12.4. The molecule has 0 saturated carbocycles. The van der Waals surface area contributed by atoms with Crippen LogP contribution in [0.25, 0.3) is 11.0 Å². The van der Waals surface area contributed by atoms with Gasteiger partial charge >= 0.3 is 0 Å². The number of hydrogen-bond acceptors (Lipinski definition) is 3. The highest BCUT2D eigenvalue weighted by atomic mass is 32.1. The van der Waals surface area contributed by atoms with Gasteiger partial charge in [-0.3, -0.25) is 4.79 Å². The number of aromatic amines is 1. The zero-order valence-corrected chi connectivity index (χ0v) is 13.3. The second-order valence-corrected chi connectivity index (χ2v) is 5.15. The third-order valence-corrected chi connectivity index (χ3v) is 3.53. The lowest BCUT2D eigenvalue weighted by Crippen LogP contribution is -2.25. The van der Waals surface area contributed by atoms with E-state index in [9.17, 15) is 4.79 Å². The molecule has 114 valence electrons. The van der Waals surface area contributed by atoms with Crippen LogP contribution in [0.4, 0.5) is 0 Å². The van der Waals surface area contributed by atoms with Crippen LogP contribution in [0.15, 0.2) is 18.2 Å². The van der Waals surface area contributed by atoms with Crippen LogP contribution >= 0.6 is 12.2 Å². The molecule has 1 amide bonds. The topological polar surface area (TPSA) is 59.0 Å². The van der Waals surface area contributed by atoms with Crippen LogP contribution in [0.2, 0.25) is 0 Å². The number of amides is 1. The molecule has 6 heteroatoms. The summed E-state index contributed by atoms with van der Waals surface area (Å²) in [6.07, 6.45) is 1.36. The van der Waals surface area contributed by atoms with Crippen LogP contribution in [0, 0.1) is 4.77 Å². The van der Waals surface area contributed by atoms with Gasteiger partial charge in [0.1, 0.15) is 11.3 Å². The quantitative estimate of drug-likeness (QED) is 0.773. The molecular weight excluding hydrogens is 286 g/mol. The van der Waals surface area contributed by atoms with Crippen molar-refractivity contribution in [2.24, 2.45) is 0 Å². The molecule has 0 atom stereocenters. The van der Waals surface area contributed by atoms with Crippen molar-refractivity contribution < 1.29 is 9.53 Å². The van der Waals surface area contributed by atoms with Gasteiger partial charge in [0, 0.05) is 19.5 Å². The van der Waals surface area contributed by atoms with E-state index < -0.39 is 0 Å². The lowest BCUT2D eigenvalue weighted by molar-refractivity contribution is -0.121. The van der Waals surface area contributed by atoms with Crippen LogP contribution in [-0.2, 0) is 11.3 Å². The molecule has 1 aromatic carbocycles. The number of aryl methyl sites for hydroxylation is 1. The summed E-state index contributed by atoms with van der Waals surface area (Å²) in [5.74, 6) is 0.837. The van der Waals surface area contributed by atoms with E-state index in [4.69, 9.17) is 17.0 Å². The Labute approximate surface area is 129 Å². The molecule has 0 spiro atoms. The third-order valence-electron chi connectivity index (χ3n) is 3.21. The van der Waals surface area contributed by atoms with Crippen molar-refractivity contribution in [2.75, 3.05) is 13.2 Å². The lowest BCUT2D eigenvalue weighted by Gasteiger charge is -2.07. The van der Waals surface area contributed by atoms with Gasteiger partial charge in [0.2, 0.25) is 5.91 Å². The molecule has 2 rings (SSSR count). The van der Waals surface area contributed by atoms with E-state index in [0.29, 0.717) is 30.9 Å². The maximum atomic E-state index is 11.7. The monoisotopic (exact) mass is 307 g/mol. The molecule has 0 aliphatic heterocycles. The Morgan fingerprint density at radius 2 is 2.24 bits per heavy atom. The Morgan fingerprint density at radius 3 is 2.95 bits per heavy atom. The third kappa shape index (κ3) is 3.64. The Bertz CT molecular complexity index is 675. The summed E-state index contributed by atoms with van der Waals surface area (Å²) in [5, 5.41) is 2.87. The summed E-state index contributed by atoms with van der Waals surface area (Å²) < 4.78 is 8.15. The minimum absolute atomic E-state index is 0.0501. The Morgan fingerprint density at radius 1 is 1.43 bits per heavy atom. The first-order valence-electron chi connectivity index (χ1n) is 7.28. The van der Waals surface area contributed by atoms with E-state index in [-0.39, 0.29) is 5.91 Å². The molecule has 2 aromatic rings. The van der Waals surface area contributed by atoms with Gasteiger partial charge in [-0.1, -0.05) is 13.0 Å². The molecule has 0 unspecified atom stereocenters. The molecule has 0 radical (unpaired) electrons. The summed E-state index contributed by atoms with van der Waals surface area (Å²) in [4.78, 5) is 14.9. The summed E-state index contributed by atoms with van der Waals surface area (Å²) in [5.41, 5.74) is 1.85. The van der Waals surface area contributed by atoms with Gasteiger partial charge in [0.25, 0.3) is 0 Å². The highest BCUT2D eigenvalue weighted by molar-refractivity contribution is 7.71. The SMILES string of the molecule is CCCNC(=O)CCn1c(=S)[nH]c2c(OCC)cccc21. The fraction of sp³-hybridized carbons (Fsp3) is 0.467. The number of para-hydroxylation sites is 1. The van der Waals surface area contributed by atoms with Gasteiger partial charge in [-0.15, -0.1) is 0 Å². The fourth-order valence-corrected chi connectivity index (χ4v) is 2.51. The molecule has 0 aliphatic carbocycles. The number of H-pyrrole nitrogens is 1. The summed E-state index contributed by atoms with van der Waals surface area (Å²) in [7, 11) is 0. The number of carbonyl (C=O) groups excluding carboxylic acids is 1. The first-order chi connectivity index (χ1) is 10.2. The minimum Gasteiger partial charge on any atom is -0.492 e. The maximum Gasteiger partial charge on any atom is 0.221 e. The van der Waals surface area contributed by atoms with Crippen molar-refractivity contribution >= 4 is 29.2 Å². The molecule has 2 N–H and O–H groups in total. The molecule has 1 heterocycles. The number of imidazole rings is 1. The van der Waals surface area contributed by atoms with E-state index in [1.54, 1.807) is 0 Å². The standard InChI is InChI=1S/C15H21N3O2S/c1-3-9-16-13(19)8-10-18-11-6-5-7-12(20-4-2)14(11)17-15(18)21/h5-7H,3-4,8-10H2,1-2H3,(H,16,19)(H,17,21). The number of hydrogen-bond donors (Lipinski definition) is 2. The molecule has 21 heavy (non-hydrogen) atoms. The predicted molar refractivity (Wildman–Crippen MR) is 86.2 cm³/mol. The van der Waals surface area contributed by atoms with Gasteiger partial charge in [-0.25, -0.2) is 0 Å². The Balaban J connectivity index is 2.20. The smallest absolute Gasteiger partial charge is 0.221 e. The lowest BCUT2D eigenvalue weighted by atomic mass is 10.3. The highest BCUT2D eigenvalue weighted by Gasteiger charge is 2.10. The number of nitrogens with zero attached hydrogens (tertiary/aromatic N) is 1. The number of benzene rings is 1. The first-order valence-corrected chi connectivity index (χ1v) is 7.69. The van der Waals surface area contributed by atoms with Gasteiger partial charge in [-0.2, -0.15) is 0 Å². The van der Waals surface area contributed by atoms with Crippen LogP contribution in [-0.4, -0.2) is 28.6 Å². The number of aromatic nitrogens is 2.